The van der Waals surface area contributed by atoms with Crippen molar-refractivity contribution in [2.24, 2.45) is 0 Å². The van der Waals surface area contributed by atoms with Crippen LogP contribution in [0.5, 0.6) is 0 Å². The molecule has 0 aromatic rings. The number of nitrogens with one attached hydrogen (secondary N) is 1. The highest BCUT2D eigenvalue weighted by Gasteiger charge is 2.43. The van der Waals surface area contributed by atoms with Crippen LogP contribution in [-0.4, -0.2) is 56.4 Å². The Kier molecular flexibility index (Phi) is 4.31. The van der Waals surface area contributed by atoms with Gasteiger partial charge in [0.25, 0.3) is 0 Å². The minimum atomic E-state index is -3.11. The minimum Gasteiger partial charge on any atom is -0.369 e. The van der Waals surface area contributed by atoms with Gasteiger partial charge in [-0.25, -0.2) is 8.42 Å². The average molecular weight is 276 g/mol. The third-order valence-electron chi connectivity index (χ3n) is 3.75. The fourth-order valence-corrected chi connectivity index (χ4v) is 4.57. The molecule has 2 heterocycles. The van der Waals surface area contributed by atoms with Gasteiger partial charge in [-0.3, -0.25) is 0 Å². The summed E-state index contributed by atoms with van der Waals surface area (Å²) < 4.78 is 32.1. The van der Waals surface area contributed by atoms with Crippen LogP contribution in [0.15, 0.2) is 0 Å². The lowest BCUT2D eigenvalue weighted by molar-refractivity contribution is -0.143. The van der Waals surface area contributed by atoms with E-state index >= 15 is 0 Å². The second kappa shape index (κ2) is 5.45. The molecule has 2 aliphatic heterocycles. The number of hydrogen-bond acceptors (Lipinski definition) is 4. The van der Waals surface area contributed by atoms with Crippen LogP contribution in [0, 0.1) is 0 Å². The summed E-state index contributed by atoms with van der Waals surface area (Å²) >= 11 is 0. The van der Waals surface area contributed by atoms with E-state index in [0.717, 1.165) is 25.9 Å². The molecule has 2 fully saturated rings. The van der Waals surface area contributed by atoms with Crippen LogP contribution in [0.1, 0.15) is 33.1 Å². The van der Waals surface area contributed by atoms with Crippen LogP contribution >= 0.6 is 0 Å². The maximum atomic E-state index is 12.2. The summed E-state index contributed by atoms with van der Waals surface area (Å²) in [5, 5.41) is 3.30. The van der Waals surface area contributed by atoms with Crippen LogP contribution in [0.2, 0.25) is 0 Å². The molecule has 0 aromatic heterocycles. The molecule has 0 radical (unpaired) electrons. The number of hydrogen-bond donors (Lipinski definition) is 1. The molecule has 1 spiro atoms. The van der Waals surface area contributed by atoms with Gasteiger partial charge in [-0.05, 0) is 39.3 Å². The van der Waals surface area contributed by atoms with Gasteiger partial charge < -0.3 is 10.1 Å². The molecule has 0 bridgehead atoms. The molecule has 5 nitrogen and oxygen atoms in total. The van der Waals surface area contributed by atoms with Crippen molar-refractivity contribution in [1.29, 1.82) is 0 Å². The Labute approximate surface area is 110 Å². The Morgan fingerprint density at radius 1 is 1.39 bits per heavy atom. The van der Waals surface area contributed by atoms with E-state index < -0.39 is 10.0 Å². The lowest BCUT2D eigenvalue weighted by Crippen LogP contribution is -2.60. The molecule has 2 saturated heterocycles. The van der Waals surface area contributed by atoms with Crippen molar-refractivity contribution in [3.63, 3.8) is 0 Å². The smallest absolute Gasteiger partial charge is 0.214 e. The summed E-state index contributed by atoms with van der Waals surface area (Å²) in [6.07, 6.45) is 2.46. The molecule has 18 heavy (non-hydrogen) atoms. The monoisotopic (exact) mass is 276 g/mol. The van der Waals surface area contributed by atoms with Gasteiger partial charge in [-0.2, -0.15) is 4.31 Å². The molecule has 6 heteroatoms. The average Bonchev–Trinajstić information content (AvgIpc) is 2.28. The Bertz CT molecular complexity index is 377. The number of morpholine rings is 1. The highest BCUT2D eigenvalue weighted by atomic mass is 32.2. The zero-order chi connectivity index (χ0) is 13.2. The number of piperidine rings is 1. The van der Waals surface area contributed by atoms with Crippen LogP contribution in [0.25, 0.3) is 0 Å². The summed E-state index contributed by atoms with van der Waals surface area (Å²) in [6, 6.07) is 0. The molecule has 0 saturated carbocycles. The van der Waals surface area contributed by atoms with Crippen LogP contribution in [-0.2, 0) is 14.8 Å². The first-order valence-corrected chi connectivity index (χ1v) is 8.45. The van der Waals surface area contributed by atoms with Crippen molar-refractivity contribution >= 4 is 10.0 Å². The maximum absolute atomic E-state index is 12.2. The molecule has 0 amide bonds. The molecular weight excluding hydrogens is 252 g/mol. The van der Waals surface area contributed by atoms with Gasteiger partial charge in [-0.1, -0.05) is 6.92 Å². The molecule has 1 N–H and O–H groups in total. The topological polar surface area (TPSA) is 58.6 Å². The fourth-order valence-electron chi connectivity index (χ4n) is 2.93. The van der Waals surface area contributed by atoms with Crippen molar-refractivity contribution in [3.8, 4) is 0 Å². The first-order chi connectivity index (χ1) is 8.47. The Morgan fingerprint density at radius 2 is 2.06 bits per heavy atom. The molecule has 0 aliphatic carbocycles. The molecule has 1 atom stereocenters. The van der Waals surface area contributed by atoms with Gasteiger partial charge in [0.15, 0.2) is 0 Å². The standard InChI is InChI=1S/C12H24N2O3S/c1-3-8-18(15,16)14-9-11(2)17-12(10-14)4-6-13-7-5-12/h11,13H,3-10H2,1-2H3. The van der Waals surface area contributed by atoms with Crippen LogP contribution < -0.4 is 5.32 Å². The molecule has 1 unspecified atom stereocenters. The van der Waals surface area contributed by atoms with E-state index in [0.29, 0.717) is 19.5 Å². The van der Waals surface area contributed by atoms with Crippen molar-refractivity contribution in [3.05, 3.63) is 0 Å². The van der Waals surface area contributed by atoms with E-state index in [-0.39, 0.29) is 17.5 Å². The van der Waals surface area contributed by atoms with Crippen LogP contribution in [0.3, 0.4) is 0 Å². The van der Waals surface area contributed by atoms with Gasteiger partial charge in [0.05, 0.1) is 17.5 Å². The molecular formula is C12H24N2O3S. The quantitative estimate of drug-likeness (QED) is 0.819. The van der Waals surface area contributed by atoms with E-state index in [1.54, 1.807) is 4.31 Å². The summed E-state index contributed by atoms with van der Waals surface area (Å²) in [7, 11) is -3.11. The fraction of sp³-hybridized carbons (Fsp3) is 1.00. The van der Waals surface area contributed by atoms with Gasteiger partial charge >= 0.3 is 0 Å². The van der Waals surface area contributed by atoms with E-state index in [4.69, 9.17) is 4.74 Å². The summed E-state index contributed by atoms with van der Waals surface area (Å²) in [5.41, 5.74) is -0.260. The first kappa shape index (κ1) is 14.2. The summed E-state index contributed by atoms with van der Waals surface area (Å²) in [4.78, 5) is 0. The van der Waals surface area contributed by atoms with Gasteiger partial charge in [0.2, 0.25) is 10.0 Å². The van der Waals surface area contributed by atoms with E-state index in [2.05, 4.69) is 5.32 Å². The van der Waals surface area contributed by atoms with Crippen molar-refractivity contribution < 1.29 is 13.2 Å². The number of ether oxygens (including phenoxy) is 1. The second-order valence-electron chi connectivity index (χ2n) is 5.47. The maximum Gasteiger partial charge on any atom is 0.214 e. The molecule has 106 valence electrons. The van der Waals surface area contributed by atoms with Crippen molar-refractivity contribution in [2.75, 3.05) is 31.9 Å². The zero-order valence-electron chi connectivity index (χ0n) is 11.3. The van der Waals surface area contributed by atoms with E-state index in [1.807, 2.05) is 13.8 Å². The van der Waals surface area contributed by atoms with Crippen molar-refractivity contribution in [2.45, 2.75) is 44.8 Å². The van der Waals surface area contributed by atoms with Crippen LogP contribution in [0.4, 0.5) is 0 Å². The lowest BCUT2D eigenvalue weighted by Gasteiger charge is -2.47. The van der Waals surface area contributed by atoms with E-state index in [9.17, 15) is 8.42 Å². The summed E-state index contributed by atoms with van der Waals surface area (Å²) in [6.45, 7) is 6.72. The highest BCUT2D eigenvalue weighted by Crippen LogP contribution is 2.31. The SMILES string of the molecule is CCCS(=O)(=O)N1CC(C)OC2(CCNCC2)C1. The second-order valence-corrected chi connectivity index (χ2v) is 7.56. The minimum absolute atomic E-state index is 0.0107. The zero-order valence-corrected chi connectivity index (χ0v) is 12.1. The Morgan fingerprint density at radius 3 is 2.67 bits per heavy atom. The summed E-state index contributed by atoms with van der Waals surface area (Å²) in [5.74, 6) is 0.244. The van der Waals surface area contributed by atoms with Gasteiger partial charge in [0, 0.05) is 13.1 Å². The van der Waals surface area contributed by atoms with Crippen molar-refractivity contribution in [1.82, 2.24) is 9.62 Å². The predicted octanol–water partition coefficient (Wildman–Crippen LogP) is 0.569. The number of rotatable bonds is 3. The Balaban J connectivity index is 2.13. The van der Waals surface area contributed by atoms with Gasteiger partial charge in [0.1, 0.15) is 0 Å². The van der Waals surface area contributed by atoms with Gasteiger partial charge in [-0.15, -0.1) is 0 Å². The largest absolute Gasteiger partial charge is 0.369 e. The first-order valence-electron chi connectivity index (χ1n) is 6.84. The Hall–Kier alpha value is -0.170. The normalized spacial score (nSPS) is 29.6. The lowest BCUT2D eigenvalue weighted by atomic mass is 9.90. The molecule has 2 aliphatic rings. The third kappa shape index (κ3) is 3.04. The number of sulfonamides is 1. The molecule has 2 rings (SSSR count). The number of nitrogens with zero attached hydrogens (tertiary/aromatic N) is 1. The highest BCUT2D eigenvalue weighted by molar-refractivity contribution is 7.89. The van der Waals surface area contributed by atoms with E-state index in [1.165, 1.54) is 0 Å². The molecule has 0 aromatic carbocycles. The predicted molar refractivity (Wildman–Crippen MR) is 71.0 cm³/mol. The third-order valence-corrected chi connectivity index (χ3v) is 5.74.